The van der Waals surface area contributed by atoms with Crippen LogP contribution in [-0.2, 0) is 4.79 Å². The second-order valence-corrected chi connectivity index (χ2v) is 6.71. The molecule has 3 aromatic rings. The molecular formula is C20H17ClN4O3. The molecule has 2 aromatic heterocycles. The van der Waals surface area contributed by atoms with Gasteiger partial charge in [0.2, 0.25) is 12.7 Å². The van der Waals surface area contributed by atoms with E-state index in [1.54, 1.807) is 41.2 Å². The van der Waals surface area contributed by atoms with E-state index in [0.717, 1.165) is 17.0 Å². The predicted molar refractivity (Wildman–Crippen MR) is 106 cm³/mol. The van der Waals surface area contributed by atoms with Gasteiger partial charge in [0.15, 0.2) is 17.3 Å². The summed E-state index contributed by atoms with van der Waals surface area (Å²) in [6.45, 7) is 4.03. The Labute approximate surface area is 166 Å². The molecule has 0 unspecified atom stereocenters. The van der Waals surface area contributed by atoms with Crippen molar-refractivity contribution in [2.24, 2.45) is 0 Å². The number of hydrogen-bond acceptors (Lipinski definition) is 5. The van der Waals surface area contributed by atoms with E-state index in [4.69, 9.17) is 21.1 Å². The van der Waals surface area contributed by atoms with Crippen LogP contribution in [0.2, 0.25) is 5.02 Å². The van der Waals surface area contributed by atoms with Crippen LogP contribution in [0, 0.1) is 13.8 Å². The van der Waals surface area contributed by atoms with Crippen molar-refractivity contribution in [2.45, 2.75) is 13.8 Å². The number of pyridine rings is 1. The number of ether oxygens (including phenoxy) is 2. The van der Waals surface area contributed by atoms with Crippen LogP contribution in [0.1, 0.15) is 17.0 Å². The number of nitrogens with zero attached hydrogens (tertiary/aromatic N) is 3. The number of carbonyl (C=O) groups is 1. The number of rotatable bonds is 4. The van der Waals surface area contributed by atoms with Crippen molar-refractivity contribution >= 4 is 29.3 Å². The van der Waals surface area contributed by atoms with Gasteiger partial charge in [-0.2, -0.15) is 5.10 Å². The molecule has 3 heterocycles. The number of carbonyl (C=O) groups excluding carboxylic acids is 1. The molecule has 1 N–H and O–H groups in total. The van der Waals surface area contributed by atoms with Gasteiger partial charge in [-0.3, -0.25) is 4.79 Å². The minimum absolute atomic E-state index is 0.142. The van der Waals surface area contributed by atoms with Gasteiger partial charge in [-0.1, -0.05) is 11.6 Å². The number of halogens is 1. The Balaban J connectivity index is 1.43. The molecule has 1 amide bonds. The molecule has 142 valence electrons. The Hall–Kier alpha value is -3.32. The number of benzene rings is 1. The Kier molecular flexibility index (Phi) is 4.75. The maximum atomic E-state index is 12.2. The molecule has 4 rings (SSSR count). The number of hydrogen-bond donors (Lipinski definition) is 1. The molecule has 7 nitrogen and oxygen atoms in total. The van der Waals surface area contributed by atoms with Gasteiger partial charge in [0.25, 0.3) is 0 Å². The highest BCUT2D eigenvalue weighted by Gasteiger charge is 2.17. The fourth-order valence-electron chi connectivity index (χ4n) is 2.89. The van der Waals surface area contributed by atoms with Gasteiger partial charge in [-0.15, -0.1) is 0 Å². The lowest BCUT2D eigenvalue weighted by Crippen LogP contribution is -2.09. The van der Waals surface area contributed by atoms with Gasteiger partial charge in [0.1, 0.15) is 0 Å². The lowest BCUT2D eigenvalue weighted by Gasteiger charge is -2.06. The highest BCUT2D eigenvalue weighted by Crippen LogP contribution is 2.40. The molecular weight excluding hydrogens is 380 g/mol. The van der Waals surface area contributed by atoms with Crippen molar-refractivity contribution in [1.29, 1.82) is 0 Å². The molecule has 0 saturated heterocycles. The van der Waals surface area contributed by atoms with Crippen LogP contribution in [-0.4, -0.2) is 27.5 Å². The smallest absolute Gasteiger partial charge is 0.248 e. The van der Waals surface area contributed by atoms with Gasteiger partial charge in [-0.05, 0) is 55.8 Å². The van der Waals surface area contributed by atoms with Crippen LogP contribution in [0.4, 0.5) is 5.69 Å². The van der Waals surface area contributed by atoms with E-state index in [1.807, 2.05) is 19.9 Å². The normalized spacial score (nSPS) is 12.5. The lowest BCUT2D eigenvalue weighted by atomic mass is 10.2. The molecule has 1 aliphatic heterocycles. The van der Waals surface area contributed by atoms with E-state index in [9.17, 15) is 4.79 Å². The predicted octanol–water partition coefficient (Wildman–Crippen LogP) is 3.92. The van der Waals surface area contributed by atoms with Crippen LogP contribution in [0.3, 0.4) is 0 Å². The van der Waals surface area contributed by atoms with E-state index < -0.39 is 0 Å². The molecule has 1 aliphatic rings. The van der Waals surface area contributed by atoms with Crippen molar-refractivity contribution in [3.63, 3.8) is 0 Å². The van der Waals surface area contributed by atoms with Crippen molar-refractivity contribution < 1.29 is 14.3 Å². The number of aromatic nitrogens is 3. The molecule has 0 radical (unpaired) electrons. The third-order valence-electron chi connectivity index (χ3n) is 4.12. The first-order valence-electron chi connectivity index (χ1n) is 8.57. The Morgan fingerprint density at radius 2 is 2.11 bits per heavy atom. The van der Waals surface area contributed by atoms with Crippen LogP contribution in [0.5, 0.6) is 11.5 Å². The van der Waals surface area contributed by atoms with Crippen molar-refractivity contribution in [1.82, 2.24) is 14.8 Å². The third kappa shape index (κ3) is 3.70. The molecule has 0 atom stereocenters. The topological polar surface area (TPSA) is 78.3 Å². The largest absolute Gasteiger partial charge is 0.454 e. The van der Waals surface area contributed by atoms with Gasteiger partial charge in [0, 0.05) is 11.8 Å². The molecule has 0 aliphatic carbocycles. The third-order valence-corrected chi connectivity index (χ3v) is 4.40. The lowest BCUT2D eigenvalue weighted by molar-refractivity contribution is -0.111. The van der Waals surface area contributed by atoms with E-state index in [0.29, 0.717) is 28.0 Å². The molecule has 0 saturated carbocycles. The number of nitrogens with one attached hydrogen (secondary N) is 1. The van der Waals surface area contributed by atoms with Crippen molar-refractivity contribution in [3.8, 4) is 17.3 Å². The molecule has 0 bridgehead atoms. The molecule has 1 aromatic carbocycles. The molecule has 8 heteroatoms. The first kappa shape index (κ1) is 18.1. The molecule has 0 fully saturated rings. The summed E-state index contributed by atoms with van der Waals surface area (Å²) in [4.78, 5) is 16.5. The molecule has 28 heavy (non-hydrogen) atoms. The van der Waals surface area contributed by atoms with Crippen LogP contribution in [0.15, 0.2) is 42.6 Å². The zero-order valence-corrected chi connectivity index (χ0v) is 16.0. The van der Waals surface area contributed by atoms with E-state index >= 15 is 0 Å². The first-order chi connectivity index (χ1) is 13.5. The minimum Gasteiger partial charge on any atom is -0.454 e. The second kappa shape index (κ2) is 7.36. The average Bonchev–Trinajstić information content (AvgIpc) is 3.27. The maximum absolute atomic E-state index is 12.2. The zero-order chi connectivity index (χ0) is 19.7. The van der Waals surface area contributed by atoms with Crippen molar-refractivity contribution in [3.05, 3.63) is 64.6 Å². The highest BCUT2D eigenvalue weighted by atomic mass is 35.5. The SMILES string of the molecule is Cc1cc(C)n(-c2ccc(NC(=O)/C=C/c3cc(Cl)c4c(c3)OCO4)cn2)n1. The summed E-state index contributed by atoms with van der Waals surface area (Å²) < 4.78 is 12.3. The summed E-state index contributed by atoms with van der Waals surface area (Å²) in [6, 6.07) is 9.04. The summed E-state index contributed by atoms with van der Waals surface area (Å²) in [6.07, 6.45) is 4.67. The highest BCUT2D eigenvalue weighted by molar-refractivity contribution is 6.32. The molecule has 0 spiro atoms. The van der Waals surface area contributed by atoms with Gasteiger partial charge >= 0.3 is 0 Å². The van der Waals surface area contributed by atoms with Gasteiger partial charge in [0.05, 0.1) is 22.6 Å². The first-order valence-corrected chi connectivity index (χ1v) is 8.95. The van der Waals surface area contributed by atoms with Crippen molar-refractivity contribution in [2.75, 3.05) is 12.1 Å². The second-order valence-electron chi connectivity index (χ2n) is 6.30. The summed E-state index contributed by atoms with van der Waals surface area (Å²) >= 11 is 6.14. The summed E-state index contributed by atoms with van der Waals surface area (Å²) in [7, 11) is 0. The van der Waals surface area contributed by atoms with E-state index in [-0.39, 0.29) is 12.7 Å². The van der Waals surface area contributed by atoms with E-state index in [2.05, 4.69) is 15.4 Å². The van der Waals surface area contributed by atoms with Crippen LogP contribution in [0.25, 0.3) is 11.9 Å². The zero-order valence-electron chi connectivity index (χ0n) is 15.3. The number of fused-ring (bicyclic) bond motifs is 1. The fraction of sp³-hybridized carbons (Fsp3) is 0.150. The van der Waals surface area contributed by atoms with Crippen LogP contribution >= 0.6 is 11.6 Å². The quantitative estimate of drug-likeness (QED) is 0.676. The summed E-state index contributed by atoms with van der Waals surface area (Å²) in [5.41, 5.74) is 3.24. The average molecular weight is 397 g/mol. The maximum Gasteiger partial charge on any atom is 0.248 e. The van der Waals surface area contributed by atoms with E-state index in [1.165, 1.54) is 6.08 Å². The van der Waals surface area contributed by atoms with Crippen LogP contribution < -0.4 is 14.8 Å². The minimum atomic E-state index is -0.283. The Morgan fingerprint density at radius 3 is 2.82 bits per heavy atom. The Morgan fingerprint density at radius 1 is 1.25 bits per heavy atom. The van der Waals surface area contributed by atoms with Gasteiger partial charge < -0.3 is 14.8 Å². The van der Waals surface area contributed by atoms with Gasteiger partial charge in [-0.25, -0.2) is 9.67 Å². The summed E-state index contributed by atoms with van der Waals surface area (Å²) in [5, 5.41) is 7.61. The summed E-state index contributed by atoms with van der Waals surface area (Å²) in [5.74, 6) is 1.50. The number of amides is 1. The fourth-order valence-corrected chi connectivity index (χ4v) is 3.16. The standard InChI is InChI=1S/C20H17ClN4O3/c1-12-7-13(2)25(24-12)18-5-4-15(10-22-18)23-19(26)6-3-14-8-16(21)20-17(9-14)27-11-28-20/h3-10H,11H2,1-2H3,(H,23,26)/b6-3+. The number of anilines is 1. The monoisotopic (exact) mass is 396 g/mol. The Bertz CT molecular complexity index is 1070. The number of aryl methyl sites for hydroxylation is 2.